The van der Waals surface area contributed by atoms with Crippen LogP contribution in [0, 0.1) is 6.92 Å². The molecule has 0 aliphatic heterocycles. The Balaban J connectivity index is 2.26. The number of benzene rings is 1. The maximum Gasteiger partial charge on any atom is 0.241 e. The highest BCUT2D eigenvalue weighted by Crippen LogP contribution is 2.29. The zero-order valence-electron chi connectivity index (χ0n) is 10.7. The molecule has 0 atom stereocenters. The Morgan fingerprint density at radius 3 is 2.37 bits per heavy atom. The van der Waals surface area contributed by atoms with Gasteiger partial charge in [-0.1, -0.05) is 35.2 Å². The van der Waals surface area contributed by atoms with Crippen LogP contribution in [0.4, 0.5) is 0 Å². The monoisotopic (exact) mass is 409 g/mol. The number of aryl methyl sites for hydroxylation is 1. The molecule has 0 saturated heterocycles. The Morgan fingerprint density at radius 2 is 1.74 bits per heavy atom. The van der Waals surface area contributed by atoms with Crippen LogP contribution in [0.2, 0.25) is 0 Å². The largest absolute Gasteiger partial charge is 0.241 e. The van der Waals surface area contributed by atoms with Gasteiger partial charge in [0.05, 0.1) is 4.90 Å². The maximum absolute atomic E-state index is 12.4. The minimum atomic E-state index is -3.46. The Morgan fingerprint density at radius 1 is 1.11 bits per heavy atom. The van der Waals surface area contributed by atoms with Crippen LogP contribution < -0.4 is 4.72 Å². The molecule has 1 fully saturated rings. The van der Waals surface area contributed by atoms with Crippen molar-refractivity contribution in [2.24, 2.45) is 0 Å². The third-order valence-electron chi connectivity index (χ3n) is 3.43. The normalized spacial score (nSPS) is 17.6. The van der Waals surface area contributed by atoms with Crippen molar-refractivity contribution in [1.29, 1.82) is 0 Å². The van der Waals surface area contributed by atoms with Crippen LogP contribution in [-0.4, -0.2) is 14.5 Å². The van der Waals surface area contributed by atoms with E-state index in [2.05, 4.69) is 36.6 Å². The molecule has 1 aromatic carbocycles. The summed E-state index contributed by atoms with van der Waals surface area (Å²) in [5.74, 6) is 0. The number of hydrogen-bond donors (Lipinski definition) is 1. The number of hydrogen-bond acceptors (Lipinski definition) is 2. The van der Waals surface area contributed by atoms with Crippen LogP contribution in [0.5, 0.6) is 0 Å². The first-order chi connectivity index (χ1) is 8.90. The van der Waals surface area contributed by atoms with Gasteiger partial charge in [-0.15, -0.1) is 0 Å². The van der Waals surface area contributed by atoms with Crippen molar-refractivity contribution in [1.82, 2.24) is 4.72 Å². The molecule has 0 heterocycles. The number of sulfonamides is 1. The second kappa shape index (κ2) is 6.24. The van der Waals surface area contributed by atoms with Crippen molar-refractivity contribution >= 4 is 41.9 Å². The van der Waals surface area contributed by atoms with Gasteiger partial charge in [-0.25, -0.2) is 13.1 Å². The minimum Gasteiger partial charge on any atom is -0.208 e. The molecule has 0 radical (unpaired) electrons. The van der Waals surface area contributed by atoms with Crippen molar-refractivity contribution in [3.05, 3.63) is 26.6 Å². The molecule has 0 spiro atoms. The van der Waals surface area contributed by atoms with E-state index < -0.39 is 10.0 Å². The molecule has 6 heteroatoms. The highest BCUT2D eigenvalue weighted by atomic mass is 79.9. The van der Waals surface area contributed by atoms with Gasteiger partial charge in [-0.3, -0.25) is 0 Å². The zero-order valence-corrected chi connectivity index (χ0v) is 14.7. The van der Waals surface area contributed by atoms with Gasteiger partial charge in [0.25, 0.3) is 0 Å². The Hall–Kier alpha value is 0.0900. The molecule has 3 nitrogen and oxygen atoms in total. The molecular weight excluding hydrogens is 394 g/mol. The van der Waals surface area contributed by atoms with Gasteiger partial charge >= 0.3 is 0 Å². The fourth-order valence-corrected chi connectivity index (χ4v) is 5.32. The van der Waals surface area contributed by atoms with E-state index in [9.17, 15) is 8.42 Å². The SMILES string of the molecule is Cc1cc(Br)c(S(=O)(=O)NC2CCCCC2)cc1Br. The quantitative estimate of drug-likeness (QED) is 0.813. The summed E-state index contributed by atoms with van der Waals surface area (Å²) in [6.07, 6.45) is 5.28. The molecule has 2 rings (SSSR count). The first-order valence-electron chi connectivity index (χ1n) is 6.38. The summed E-state index contributed by atoms with van der Waals surface area (Å²) < 4.78 is 29.1. The van der Waals surface area contributed by atoms with Gasteiger partial charge in [-0.2, -0.15) is 0 Å². The number of rotatable bonds is 3. The van der Waals surface area contributed by atoms with Crippen molar-refractivity contribution in [3.8, 4) is 0 Å². The lowest BCUT2D eigenvalue weighted by Crippen LogP contribution is -2.36. The predicted octanol–water partition coefficient (Wildman–Crippen LogP) is 4.13. The fraction of sp³-hybridized carbons (Fsp3) is 0.538. The average Bonchev–Trinajstić information content (AvgIpc) is 2.34. The zero-order chi connectivity index (χ0) is 14.0. The number of nitrogens with one attached hydrogen (secondary N) is 1. The predicted molar refractivity (Wildman–Crippen MR) is 83.8 cm³/mol. The Kier molecular flexibility index (Phi) is 5.09. The first kappa shape index (κ1) is 15.5. The lowest BCUT2D eigenvalue weighted by Gasteiger charge is -2.23. The van der Waals surface area contributed by atoms with Crippen LogP contribution in [0.15, 0.2) is 26.0 Å². The summed E-state index contributed by atoms with van der Waals surface area (Å²) in [5.41, 5.74) is 1.00. The Bertz CT molecular complexity index is 566. The highest BCUT2D eigenvalue weighted by Gasteiger charge is 2.24. The minimum absolute atomic E-state index is 0.0747. The van der Waals surface area contributed by atoms with Crippen LogP contribution in [0.3, 0.4) is 0 Å². The summed E-state index contributed by atoms with van der Waals surface area (Å²) in [6.45, 7) is 1.93. The first-order valence-corrected chi connectivity index (χ1v) is 9.45. The molecule has 19 heavy (non-hydrogen) atoms. The molecule has 1 saturated carbocycles. The molecule has 1 aliphatic carbocycles. The molecular formula is C13H17Br2NO2S. The molecule has 106 valence electrons. The van der Waals surface area contributed by atoms with Crippen LogP contribution in [0.1, 0.15) is 37.7 Å². The summed E-state index contributed by atoms with van der Waals surface area (Å²) in [4.78, 5) is 0.301. The van der Waals surface area contributed by atoms with Gasteiger partial charge < -0.3 is 0 Å². The van der Waals surface area contributed by atoms with Crippen LogP contribution in [-0.2, 0) is 10.0 Å². The van der Waals surface area contributed by atoms with Crippen molar-refractivity contribution in [3.63, 3.8) is 0 Å². The molecule has 0 aromatic heterocycles. The highest BCUT2D eigenvalue weighted by molar-refractivity contribution is 9.11. The summed E-state index contributed by atoms with van der Waals surface area (Å²) in [5, 5.41) is 0. The van der Waals surface area contributed by atoms with Gasteiger partial charge in [0.2, 0.25) is 10.0 Å². The average molecular weight is 411 g/mol. The third-order valence-corrected chi connectivity index (χ3v) is 6.76. The molecule has 1 aromatic rings. The van der Waals surface area contributed by atoms with Gasteiger partial charge in [-0.05, 0) is 53.4 Å². The standard InChI is InChI=1S/C13H17Br2NO2S/c1-9-7-12(15)13(8-11(9)14)19(17,18)16-10-5-3-2-4-6-10/h7-8,10,16H,2-6H2,1H3. The van der Waals surface area contributed by atoms with Crippen LogP contribution in [0.25, 0.3) is 0 Å². The summed E-state index contributed by atoms with van der Waals surface area (Å²) in [7, 11) is -3.46. The van der Waals surface area contributed by atoms with E-state index in [0.29, 0.717) is 9.37 Å². The van der Waals surface area contributed by atoms with E-state index in [1.54, 1.807) is 6.07 Å². The fourth-order valence-electron chi connectivity index (χ4n) is 2.34. The van der Waals surface area contributed by atoms with Crippen LogP contribution >= 0.6 is 31.9 Å². The lowest BCUT2D eigenvalue weighted by molar-refractivity contribution is 0.412. The summed E-state index contributed by atoms with van der Waals surface area (Å²) >= 11 is 6.73. The van der Waals surface area contributed by atoms with Crippen molar-refractivity contribution in [2.45, 2.75) is 50.0 Å². The van der Waals surface area contributed by atoms with Gasteiger partial charge in [0.1, 0.15) is 0 Å². The van der Waals surface area contributed by atoms with E-state index in [-0.39, 0.29) is 6.04 Å². The molecule has 1 aliphatic rings. The third kappa shape index (κ3) is 3.80. The molecule has 0 bridgehead atoms. The van der Waals surface area contributed by atoms with E-state index in [1.165, 1.54) is 6.42 Å². The maximum atomic E-state index is 12.4. The second-order valence-corrected chi connectivity index (χ2v) is 8.38. The van der Waals surface area contributed by atoms with Gasteiger partial charge in [0.15, 0.2) is 0 Å². The van der Waals surface area contributed by atoms with Crippen molar-refractivity contribution in [2.75, 3.05) is 0 Å². The summed E-state index contributed by atoms with van der Waals surface area (Å²) in [6, 6.07) is 3.55. The topological polar surface area (TPSA) is 46.2 Å². The van der Waals surface area contributed by atoms with E-state index >= 15 is 0 Å². The lowest BCUT2D eigenvalue weighted by atomic mass is 9.96. The van der Waals surface area contributed by atoms with E-state index in [1.807, 2.05) is 13.0 Å². The van der Waals surface area contributed by atoms with Crippen molar-refractivity contribution < 1.29 is 8.42 Å². The van der Waals surface area contributed by atoms with E-state index in [0.717, 1.165) is 35.7 Å². The second-order valence-electron chi connectivity index (χ2n) is 4.99. The Labute approximate surface area is 131 Å². The van der Waals surface area contributed by atoms with Gasteiger partial charge in [0, 0.05) is 15.0 Å². The number of halogens is 2. The van der Waals surface area contributed by atoms with E-state index in [4.69, 9.17) is 0 Å². The smallest absolute Gasteiger partial charge is 0.208 e. The molecule has 0 unspecified atom stereocenters. The molecule has 1 N–H and O–H groups in total. The molecule has 0 amide bonds.